The Morgan fingerprint density at radius 2 is 2.17 bits per heavy atom. The smallest absolute Gasteiger partial charge is 0.224 e. The first kappa shape index (κ1) is 9.06. The maximum Gasteiger partial charge on any atom is 0.224 e. The van der Waals surface area contributed by atoms with E-state index in [1.807, 2.05) is 6.92 Å². The predicted molar refractivity (Wildman–Crippen MR) is 50.4 cm³/mol. The van der Waals surface area contributed by atoms with Crippen molar-refractivity contribution >= 4 is 23.1 Å². The Morgan fingerprint density at radius 3 is 2.75 bits per heavy atom. The molecule has 0 aliphatic heterocycles. The number of nitrogens with one attached hydrogen (secondary N) is 1. The van der Waals surface area contributed by atoms with Crippen molar-refractivity contribution in [3.63, 3.8) is 0 Å². The van der Waals surface area contributed by atoms with E-state index >= 15 is 0 Å². The van der Waals surface area contributed by atoms with E-state index in [-0.39, 0.29) is 5.28 Å². The highest BCUT2D eigenvalue weighted by molar-refractivity contribution is 6.28. The summed E-state index contributed by atoms with van der Waals surface area (Å²) in [5.74, 6) is 0.606. The number of anilines is 2. The molecule has 1 rings (SSSR count). The molecule has 4 nitrogen and oxygen atoms in total. The SMILES string of the molecule is CCNc1nc(Cl)nc(C)c1N. The average molecular weight is 187 g/mol. The Hall–Kier alpha value is -1.03. The van der Waals surface area contributed by atoms with Gasteiger partial charge in [0, 0.05) is 6.54 Å². The minimum absolute atomic E-state index is 0.220. The van der Waals surface area contributed by atoms with Crippen LogP contribution in [0.4, 0.5) is 11.5 Å². The third-order valence-electron chi connectivity index (χ3n) is 1.45. The van der Waals surface area contributed by atoms with Gasteiger partial charge in [-0.1, -0.05) is 0 Å². The summed E-state index contributed by atoms with van der Waals surface area (Å²) in [6.07, 6.45) is 0. The van der Waals surface area contributed by atoms with Gasteiger partial charge in [-0.3, -0.25) is 0 Å². The van der Waals surface area contributed by atoms with Gasteiger partial charge in [0.15, 0.2) is 5.82 Å². The molecule has 0 fully saturated rings. The zero-order valence-corrected chi connectivity index (χ0v) is 7.81. The van der Waals surface area contributed by atoms with Crippen LogP contribution in [0.15, 0.2) is 0 Å². The van der Waals surface area contributed by atoms with Crippen molar-refractivity contribution in [3.05, 3.63) is 11.0 Å². The van der Waals surface area contributed by atoms with Crippen LogP contribution in [-0.4, -0.2) is 16.5 Å². The fraction of sp³-hybridized carbons (Fsp3) is 0.429. The van der Waals surface area contributed by atoms with Gasteiger partial charge in [0.2, 0.25) is 5.28 Å². The highest BCUT2D eigenvalue weighted by Gasteiger charge is 2.05. The van der Waals surface area contributed by atoms with Crippen LogP contribution in [0.5, 0.6) is 0 Å². The molecular weight excluding hydrogens is 176 g/mol. The summed E-state index contributed by atoms with van der Waals surface area (Å²) >= 11 is 5.64. The summed E-state index contributed by atoms with van der Waals surface area (Å²) in [5, 5.41) is 3.22. The number of hydrogen-bond donors (Lipinski definition) is 2. The van der Waals surface area contributed by atoms with E-state index in [1.165, 1.54) is 0 Å². The number of hydrogen-bond acceptors (Lipinski definition) is 4. The first-order chi connectivity index (χ1) is 5.65. The molecule has 1 aromatic heterocycles. The maximum atomic E-state index is 5.69. The number of halogens is 1. The third kappa shape index (κ3) is 1.76. The van der Waals surface area contributed by atoms with Crippen LogP contribution >= 0.6 is 11.6 Å². The summed E-state index contributed by atoms with van der Waals surface area (Å²) in [5.41, 5.74) is 6.95. The second-order valence-corrected chi connectivity index (χ2v) is 2.71. The predicted octanol–water partition coefficient (Wildman–Crippen LogP) is 1.45. The molecule has 0 atom stereocenters. The summed E-state index contributed by atoms with van der Waals surface area (Å²) in [4.78, 5) is 7.85. The first-order valence-corrected chi connectivity index (χ1v) is 4.06. The van der Waals surface area contributed by atoms with Crippen molar-refractivity contribution in [1.29, 1.82) is 0 Å². The Kier molecular flexibility index (Phi) is 2.70. The number of aromatic nitrogens is 2. The molecule has 0 spiro atoms. The Balaban J connectivity index is 3.09. The molecule has 1 heterocycles. The largest absolute Gasteiger partial charge is 0.394 e. The molecule has 66 valence electrons. The molecule has 0 radical (unpaired) electrons. The van der Waals surface area contributed by atoms with E-state index in [9.17, 15) is 0 Å². The van der Waals surface area contributed by atoms with Crippen LogP contribution in [0.3, 0.4) is 0 Å². The van der Waals surface area contributed by atoms with Crippen molar-refractivity contribution in [2.24, 2.45) is 0 Å². The zero-order valence-electron chi connectivity index (χ0n) is 7.06. The first-order valence-electron chi connectivity index (χ1n) is 3.68. The Morgan fingerprint density at radius 1 is 1.50 bits per heavy atom. The number of rotatable bonds is 2. The normalized spacial score (nSPS) is 9.92. The molecular formula is C7H11ClN4. The summed E-state index contributed by atoms with van der Waals surface area (Å²) < 4.78 is 0. The van der Waals surface area contributed by atoms with Crippen molar-refractivity contribution in [1.82, 2.24) is 9.97 Å². The topological polar surface area (TPSA) is 63.8 Å². The molecule has 0 aromatic carbocycles. The van der Waals surface area contributed by atoms with Crippen LogP contribution in [0.1, 0.15) is 12.6 Å². The van der Waals surface area contributed by atoms with E-state index in [0.717, 1.165) is 6.54 Å². The number of nitrogens with zero attached hydrogens (tertiary/aromatic N) is 2. The lowest BCUT2D eigenvalue weighted by Gasteiger charge is -2.07. The molecule has 1 aromatic rings. The fourth-order valence-electron chi connectivity index (χ4n) is 0.850. The Bertz CT molecular complexity index is 287. The van der Waals surface area contributed by atoms with Gasteiger partial charge in [-0.05, 0) is 25.4 Å². The van der Waals surface area contributed by atoms with Crippen LogP contribution in [0.2, 0.25) is 5.28 Å². The van der Waals surface area contributed by atoms with Gasteiger partial charge >= 0.3 is 0 Å². The molecule has 0 aliphatic rings. The standard InChI is InChI=1S/C7H11ClN4/c1-3-10-6-5(9)4(2)11-7(8)12-6/h3,9H2,1-2H3,(H,10,11,12). The highest BCUT2D eigenvalue weighted by atomic mass is 35.5. The molecule has 0 saturated heterocycles. The molecule has 12 heavy (non-hydrogen) atoms. The van der Waals surface area contributed by atoms with Gasteiger partial charge in [-0.15, -0.1) is 0 Å². The van der Waals surface area contributed by atoms with Crippen molar-refractivity contribution in [2.75, 3.05) is 17.6 Å². The van der Waals surface area contributed by atoms with Crippen molar-refractivity contribution in [2.45, 2.75) is 13.8 Å². The van der Waals surface area contributed by atoms with Crippen molar-refractivity contribution < 1.29 is 0 Å². The van der Waals surface area contributed by atoms with Gasteiger partial charge in [-0.25, -0.2) is 4.98 Å². The van der Waals surface area contributed by atoms with Crippen LogP contribution < -0.4 is 11.1 Å². The summed E-state index contributed by atoms with van der Waals surface area (Å²) in [7, 11) is 0. The van der Waals surface area contributed by atoms with Crippen LogP contribution in [-0.2, 0) is 0 Å². The van der Waals surface area contributed by atoms with E-state index < -0.39 is 0 Å². The van der Waals surface area contributed by atoms with Crippen LogP contribution in [0.25, 0.3) is 0 Å². The minimum atomic E-state index is 0.220. The van der Waals surface area contributed by atoms with E-state index in [0.29, 0.717) is 17.2 Å². The fourth-order valence-corrected chi connectivity index (χ4v) is 1.06. The second kappa shape index (κ2) is 3.58. The van der Waals surface area contributed by atoms with Gasteiger partial charge < -0.3 is 11.1 Å². The monoisotopic (exact) mass is 186 g/mol. The number of nitrogens with two attached hydrogens (primary N) is 1. The quantitative estimate of drug-likeness (QED) is 0.687. The molecule has 3 N–H and O–H groups in total. The lowest BCUT2D eigenvalue weighted by Crippen LogP contribution is -2.06. The summed E-state index contributed by atoms with van der Waals surface area (Å²) in [6, 6.07) is 0. The van der Waals surface area contributed by atoms with Gasteiger partial charge in [0.05, 0.1) is 11.4 Å². The van der Waals surface area contributed by atoms with Gasteiger partial charge in [0.25, 0.3) is 0 Å². The lowest BCUT2D eigenvalue weighted by atomic mass is 10.3. The van der Waals surface area contributed by atoms with E-state index in [2.05, 4.69) is 15.3 Å². The molecule has 5 heteroatoms. The van der Waals surface area contributed by atoms with Crippen LogP contribution in [0, 0.1) is 6.92 Å². The van der Waals surface area contributed by atoms with E-state index in [4.69, 9.17) is 17.3 Å². The molecule has 0 bridgehead atoms. The summed E-state index contributed by atoms with van der Waals surface area (Å²) in [6.45, 7) is 4.52. The van der Waals surface area contributed by atoms with E-state index in [1.54, 1.807) is 6.92 Å². The maximum absolute atomic E-state index is 5.69. The highest BCUT2D eigenvalue weighted by Crippen LogP contribution is 2.19. The average Bonchev–Trinajstić information content (AvgIpc) is 2.00. The number of nitrogen functional groups attached to an aromatic ring is 1. The van der Waals surface area contributed by atoms with Gasteiger partial charge in [0.1, 0.15) is 0 Å². The molecule has 0 saturated carbocycles. The van der Waals surface area contributed by atoms with Gasteiger partial charge in [-0.2, -0.15) is 4.98 Å². The zero-order chi connectivity index (χ0) is 9.14. The Labute approximate surface area is 76.2 Å². The minimum Gasteiger partial charge on any atom is -0.394 e. The van der Waals surface area contributed by atoms with Crippen molar-refractivity contribution in [3.8, 4) is 0 Å². The molecule has 0 aliphatic carbocycles. The lowest BCUT2D eigenvalue weighted by molar-refractivity contribution is 1.08. The number of aryl methyl sites for hydroxylation is 1. The molecule has 0 unspecified atom stereocenters. The molecule has 0 amide bonds. The third-order valence-corrected chi connectivity index (χ3v) is 1.62. The second-order valence-electron chi connectivity index (χ2n) is 2.37.